The van der Waals surface area contributed by atoms with Crippen molar-refractivity contribution in [3.63, 3.8) is 0 Å². The predicted octanol–water partition coefficient (Wildman–Crippen LogP) is 0.836. The minimum absolute atomic E-state index is 0.127. The van der Waals surface area contributed by atoms with E-state index in [1.165, 1.54) is 12.7 Å². The van der Waals surface area contributed by atoms with Gasteiger partial charge < -0.3 is 9.64 Å². The van der Waals surface area contributed by atoms with E-state index >= 15 is 0 Å². The van der Waals surface area contributed by atoms with Crippen molar-refractivity contribution in [1.82, 2.24) is 20.1 Å². The lowest BCUT2D eigenvalue weighted by Crippen LogP contribution is -2.32. The summed E-state index contributed by atoms with van der Waals surface area (Å²) in [6, 6.07) is 0. The van der Waals surface area contributed by atoms with Gasteiger partial charge in [-0.3, -0.25) is 9.89 Å². The molecule has 6 nitrogen and oxygen atoms in total. The van der Waals surface area contributed by atoms with Crippen molar-refractivity contribution >= 4 is 5.91 Å². The van der Waals surface area contributed by atoms with Crippen molar-refractivity contribution in [2.24, 2.45) is 0 Å². The number of carbonyl (C=O) groups is 1. The third-order valence-corrected chi connectivity index (χ3v) is 3.02. The van der Waals surface area contributed by atoms with Gasteiger partial charge in [-0.15, -0.1) is 0 Å². The molecule has 94 valence electrons. The molecule has 17 heavy (non-hydrogen) atoms. The Labute approximate surface area is 100 Å². The first-order valence-electron chi connectivity index (χ1n) is 6.00. The zero-order chi connectivity index (χ0) is 12.1. The molecule has 0 aliphatic carbocycles. The van der Waals surface area contributed by atoms with Crippen LogP contribution in [0.25, 0.3) is 0 Å². The quantitative estimate of drug-likeness (QED) is 0.843. The second kappa shape index (κ2) is 5.77. The van der Waals surface area contributed by atoms with Gasteiger partial charge in [0.05, 0.1) is 6.10 Å². The maximum Gasteiger partial charge on any atom is 0.290 e. The van der Waals surface area contributed by atoms with Gasteiger partial charge in [0.2, 0.25) is 5.82 Å². The van der Waals surface area contributed by atoms with Crippen molar-refractivity contribution in [3.05, 3.63) is 12.2 Å². The molecule has 0 unspecified atom stereocenters. The number of aromatic amines is 1. The van der Waals surface area contributed by atoms with E-state index in [0.29, 0.717) is 12.6 Å². The SMILES string of the molecule is CN(CC[C@H]1CCCCO1)C(=O)c1ncn[nH]1. The van der Waals surface area contributed by atoms with Crippen LogP contribution in [0, 0.1) is 0 Å². The fraction of sp³-hybridized carbons (Fsp3) is 0.727. The Balaban J connectivity index is 1.76. The number of nitrogens with zero attached hydrogens (tertiary/aromatic N) is 3. The van der Waals surface area contributed by atoms with E-state index in [1.54, 1.807) is 11.9 Å². The molecule has 1 aromatic heterocycles. The monoisotopic (exact) mass is 238 g/mol. The van der Waals surface area contributed by atoms with Gasteiger partial charge in [-0.25, -0.2) is 4.98 Å². The number of amides is 1. The van der Waals surface area contributed by atoms with Crippen LogP contribution in [0.2, 0.25) is 0 Å². The molecule has 6 heteroatoms. The number of hydrogen-bond acceptors (Lipinski definition) is 4. The van der Waals surface area contributed by atoms with Crippen molar-refractivity contribution in [3.8, 4) is 0 Å². The van der Waals surface area contributed by atoms with Crippen LogP contribution >= 0.6 is 0 Å². The summed E-state index contributed by atoms with van der Waals surface area (Å²) in [6.07, 6.45) is 6.01. The molecule has 1 aliphatic rings. The Hall–Kier alpha value is -1.43. The van der Waals surface area contributed by atoms with Crippen LogP contribution in [0.3, 0.4) is 0 Å². The maximum absolute atomic E-state index is 11.8. The van der Waals surface area contributed by atoms with Crippen LogP contribution in [0.15, 0.2) is 6.33 Å². The standard InChI is InChI=1S/C11H18N4O2/c1-15(11(16)10-12-8-13-14-10)6-5-9-4-2-3-7-17-9/h8-9H,2-7H2,1H3,(H,12,13,14)/t9-/m1/s1. The largest absolute Gasteiger partial charge is 0.378 e. The van der Waals surface area contributed by atoms with Crippen molar-refractivity contribution in [2.75, 3.05) is 20.2 Å². The third-order valence-electron chi connectivity index (χ3n) is 3.02. The number of hydrogen-bond donors (Lipinski definition) is 1. The molecule has 0 bridgehead atoms. The van der Waals surface area contributed by atoms with Crippen molar-refractivity contribution < 1.29 is 9.53 Å². The lowest BCUT2D eigenvalue weighted by atomic mass is 10.1. The maximum atomic E-state index is 11.8. The van der Waals surface area contributed by atoms with Crippen LogP contribution in [0.1, 0.15) is 36.3 Å². The Morgan fingerprint density at radius 1 is 1.65 bits per heavy atom. The topological polar surface area (TPSA) is 71.1 Å². The molecule has 0 saturated carbocycles. The van der Waals surface area contributed by atoms with Crippen LogP contribution < -0.4 is 0 Å². The average molecular weight is 238 g/mol. The van der Waals surface area contributed by atoms with E-state index in [4.69, 9.17) is 4.74 Å². The summed E-state index contributed by atoms with van der Waals surface area (Å²) >= 11 is 0. The fourth-order valence-corrected chi connectivity index (χ4v) is 1.96. The highest BCUT2D eigenvalue weighted by atomic mass is 16.5. The number of nitrogens with one attached hydrogen (secondary N) is 1. The number of carbonyl (C=O) groups excluding carboxylic acids is 1. The van der Waals surface area contributed by atoms with Crippen LogP contribution in [0.5, 0.6) is 0 Å². The second-order valence-corrected chi connectivity index (χ2v) is 4.34. The summed E-state index contributed by atoms with van der Waals surface area (Å²) in [7, 11) is 1.77. The minimum Gasteiger partial charge on any atom is -0.378 e. The van der Waals surface area contributed by atoms with E-state index in [-0.39, 0.29) is 11.7 Å². The molecule has 1 saturated heterocycles. The lowest BCUT2D eigenvalue weighted by Gasteiger charge is -2.24. The normalized spacial score (nSPS) is 20.2. The van der Waals surface area contributed by atoms with Gasteiger partial charge >= 0.3 is 0 Å². The predicted molar refractivity (Wildman–Crippen MR) is 61.6 cm³/mol. The second-order valence-electron chi connectivity index (χ2n) is 4.34. The molecule has 0 spiro atoms. The molecular formula is C11H18N4O2. The van der Waals surface area contributed by atoms with Gasteiger partial charge in [0.25, 0.3) is 5.91 Å². The molecule has 1 aliphatic heterocycles. The van der Waals surface area contributed by atoms with E-state index in [0.717, 1.165) is 25.9 Å². The van der Waals surface area contributed by atoms with Gasteiger partial charge in [-0.1, -0.05) is 0 Å². The molecule has 1 amide bonds. The van der Waals surface area contributed by atoms with Crippen LogP contribution in [-0.4, -0.2) is 52.3 Å². The molecule has 0 radical (unpaired) electrons. The molecular weight excluding hydrogens is 220 g/mol. The van der Waals surface area contributed by atoms with E-state index in [2.05, 4.69) is 15.2 Å². The highest BCUT2D eigenvalue weighted by molar-refractivity contribution is 5.90. The summed E-state index contributed by atoms with van der Waals surface area (Å²) in [5, 5.41) is 6.24. The summed E-state index contributed by atoms with van der Waals surface area (Å²) < 4.78 is 5.63. The Bertz CT molecular complexity index is 346. The lowest BCUT2D eigenvalue weighted by molar-refractivity contribution is 0.00702. The fourth-order valence-electron chi connectivity index (χ4n) is 1.96. The van der Waals surface area contributed by atoms with Gasteiger partial charge in [-0.2, -0.15) is 5.10 Å². The molecule has 2 rings (SSSR count). The van der Waals surface area contributed by atoms with Crippen molar-refractivity contribution in [1.29, 1.82) is 0 Å². The van der Waals surface area contributed by atoms with E-state index in [1.807, 2.05) is 0 Å². The van der Waals surface area contributed by atoms with Crippen molar-refractivity contribution in [2.45, 2.75) is 31.8 Å². The average Bonchev–Trinajstić information content (AvgIpc) is 2.90. The molecule has 1 fully saturated rings. The Morgan fingerprint density at radius 2 is 2.53 bits per heavy atom. The number of rotatable bonds is 4. The highest BCUT2D eigenvalue weighted by Gasteiger charge is 2.18. The number of ether oxygens (including phenoxy) is 1. The molecule has 2 heterocycles. The zero-order valence-electron chi connectivity index (χ0n) is 10.1. The van der Waals surface area contributed by atoms with Gasteiger partial charge in [0.1, 0.15) is 6.33 Å². The molecule has 1 N–H and O–H groups in total. The smallest absolute Gasteiger partial charge is 0.290 e. The molecule has 0 aromatic carbocycles. The molecule has 1 atom stereocenters. The molecule has 1 aromatic rings. The van der Waals surface area contributed by atoms with Gasteiger partial charge in [0, 0.05) is 20.2 Å². The summed E-state index contributed by atoms with van der Waals surface area (Å²) in [4.78, 5) is 17.3. The van der Waals surface area contributed by atoms with Crippen LogP contribution in [0.4, 0.5) is 0 Å². The van der Waals surface area contributed by atoms with Crippen LogP contribution in [-0.2, 0) is 4.74 Å². The zero-order valence-corrected chi connectivity index (χ0v) is 10.1. The first-order valence-corrected chi connectivity index (χ1v) is 6.00. The van der Waals surface area contributed by atoms with E-state index in [9.17, 15) is 4.79 Å². The summed E-state index contributed by atoms with van der Waals surface area (Å²) in [6.45, 7) is 1.54. The summed E-state index contributed by atoms with van der Waals surface area (Å²) in [5.74, 6) is 0.162. The number of aromatic nitrogens is 3. The summed E-state index contributed by atoms with van der Waals surface area (Å²) in [5.41, 5.74) is 0. The highest BCUT2D eigenvalue weighted by Crippen LogP contribution is 2.15. The Morgan fingerprint density at radius 3 is 3.18 bits per heavy atom. The first kappa shape index (κ1) is 12.0. The Kier molecular flexibility index (Phi) is 4.08. The minimum atomic E-state index is -0.127. The van der Waals surface area contributed by atoms with E-state index < -0.39 is 0 Å². The van der Waals surface area contributed by atoms with Gasteiger partial charge in [0.15, 0.2) is 0 Å². The first-order chi connectivity index (χ1) is 8.27. The number of H-pyrrole nitrogens is 1. The van der Waals surface area contributed by atoms with Gasteiger partial charge in [-0.05, 0) is 25.7 Å². The third kappa shape index (κ3) is 3.26.